The summed E-state index contributed by atoms with van der Waals surface area (Å²) in [5, 5.41) is 18.9. The summed E-state index contributed by atoms with van der Waals surface area (Å²) in [6.07, 6.45) is 6.66. The SMILES string of the molecule is C=C[C@H]1CCc2c1cc1c(c2NC(=O)N=S(N)(=O)c2cc(C(C)(C)O)c(C)o2)CCC1. The first-order valence-electron chi connectivity index (χ1n) is 10.5. The molecule has 1 heterocycles. The maximum absolute atomic E-state index is 13.0. The number of nitrogens with one attached hydrogen (secondary N) is 1. The van der Waals surface area contributed by atoms with Crippen LogP contribution in [0.1, 0.15) is 66.2 Å². The Morgan fingerprint density at radius 1 is 1.35 bits per heavy atom. The highest BCUT2D eigenvalue weighted by Crippen LogP contribution is 2.43. The number of fused-ring (bicyclic) bond motifs is 2. The molecule has 0 fully saturated rings. The largest absolute Gasteiger partial charge is 0.450 e. The second-order valence-electron chi connectivity index (χ2n) is 8.88. The molecule has 31 heavy (non-hydrogen) atoms. The highest BCUT2D eigenvalue weighted by molar-refractivity contribution is 7.91. The van der Waals surface area contributed by atoms with Crippen LogP contribution >= 0.6 is 0 Å². The third-order valence-corrected chi connectivity index (χ3v) is 7.44. The quantitative estimate of drug-likeness (QED) is 0.605. The van der Waals surface area contributed by atoms with Crippen LogP contribution in [0.25, 0.3) is 0 Å². The summed E-state index contributed by atoms with van der Waals surface area (Å²) in [6.45, 7) is 8.76. The minimum atomic E-state index is -3.62. The van der Waals surface area contributed by atoms with Gasteiger partial charge in [-0.05, 0) is 75.1 Å². The maximum atomic E-state index is 13.0. The predicted molar refractivity (Wildman–Crippen MR) is 120 cm³/mol. The van der Waals surface area contributed by atoms with E-state index in [0.29, 0.717) is 11.3 Å². The lowest BCUT2D eigenvalue weighted by Crippen LogP contribution is -2.19. The Labute approximate surface area is 183 Å². The van der Waals surface area contributed by atoms with Gasteiger partial charge >= 0.3 is 6.03 Å². The average molecular weight is 444 g/mol. The molecule has 1 aromatic carbocycles. The lowest BCUT2D eigenvalue weighted by atomic mass is 9.95. The van der Waals surface area contributed by atoms with Crippen molar-refractivity contribution in [3.05, 3.63) is 58.4 Å². The fourth-order valence-corrected chi connectivity index (χ4v) is 5.68. The van der Waals surface area contributed by atoms with E-state index in [1.807, 2.05) is 6.08 Å². The van der Waals surface area contributed by atoms with Crippen molar-refractivity contribution in [3.63, 3.8) is 0 Å². The Hall–Kier alpha value is -2.42. The first-order chi connectivity index (χ1) is 14.5. The van der Waals surface area contributed by atoms with Crippen molar-refractivity contribution in [2.75, 3.05) is 5.32 Å². The second-order valence-corrected chi connectivity index (χ2v) is 10.6. The number of hydrogen-bond donors (Lipinski definition) is 3. The van der Waals surface area contributed by atoms with Crippen molar-refractivity contribution in [2.24, 2.45) is 9.50 Å². The predicted octanol–water partition coefficient (Wildman–Crippen LogP) is 4.45. The van der Waals surface area contributed by atoms with Crippen molar-refractivity contribution >= 4 is 21.6 Å². The van der Waals surface area contributed by atoms with Gasteiger partial charge in [-0.15, -0.1) is 10.9 Å². The summed E-state index contributed by atoms with van der Waals surface area (Å²) in [5.41, 5.74) is 4.72. The zero-order chi connectivity index (χ0) is 22.6. The van der Waals surface area contributed by atoms with Gasteiger partial charge < -0.3 is 14.8 Å². The zero-order valence-electron chi connectivity index (χ0n) is 18.2. The van der Waals surface area contributed by atoms with Gasteiger partial charge in [0.1, 0.15) is 5.76 Å². The number of nitrogens with zero attached hydrogens (tertiary/aromatic N) is 1. The standard InChI is InChI=1S/C23H29N3O4S/c1-5-14-9-10-17-18(14)11-15-7-6-8-16(15)21(17)25-22(27)26-31(24,29)20-12-19(13(2)30-20)23(3,4)28/h5,11-12,14,28H,1,6-10H2,2-4H3,(H3,24,25,26,27,29)/t14-,31?/m0/s1. The molecule has 0 bridgehead atoms. The Morgan fingerprint density at radius 2 is 2.10 bits per heavy atom. The summed E-state index contributed by atoms with van der Waals surface area (Å²) < 4.78 is 22.3. The van der Waals surface area contributed by atoms with Gasteiger partial charge in [0, 0.05) is 23.2 Å². The number of urea groups is 1. The molecule has 2 aromatic rings. The van der Waals surface area contributed by atoms with Crippen LogP contribution in [0.4, 0.5) is 10.5 Å². The van der Waals surface area contributed by atoms with Gasteiger partial charge in [-0.3, -0.25) is 0 Å². The minimum absolute atomic E-state index is 0.132. The van der Waals surface area contributed by atoms with E-state index in [1.165, 1.54) is 17.2 Å². The topological polar surface area (TPSA) is 118 Å². The number of hydrogen-bond acceptors (Lipinski definition) is 4. The van der Waals surface area contributed by atoms with Gasteiger partial charge in [-0.25, -0.2) is 14.1 Å². The molecule has 1 aromatic heterocycles. The summed E-state index contributed by atoms with van der Waals surface area (Å²) >= 11 is 0. The number of carbonyl (C=O) groups is 1. The van der Waals surface area contributed by atoms with E-state index in [9.17, 15) is 14.1 Å². The molecule has 2 aliphatic carbocycles. The summed E-state index contributed by atoms with van der Waals surface area (Å²) in [5.74, 6) is 0.657. The van der Waals surface area contributed by atoms with Crippen LogP contribution in [0.3, 0.4) is 0 Å². The van der Waals surface area contributed by atoms with Gasteiger partial charge in [-0.1, -0.05) is 12.1 Å². The maximum Gasteiger partial charge on any atom is 0.354 e. The number of furan rings is 1. The first-order valence-corrected chi connectivity index (χ1v) is 12.1. The second kappa shape index (κ2) is 7.62. The Balaban J connectivity index is 1.69. The molecule has 0 saturated carbocycles. The van der Waals surface area contributed by atoms with E-state index in [-0.39, 0.29) is 11.0 Å². The van der Waals surface area contributed by atoms with Crippen molar-refractivity contribution in [1.82, 2.24) is 0 Å². The number of nitrogens with two attached hydrogens (primary N) is 1. The minimum Gasteiger partial charge on any atom is -0.450 e. The molecule has 1 unspecified atom stereocenters. The normalized spacial score (nSPS) is 19.5. The number of aliphatic hydroxyl groups is 1. The molecule has 0 aliphatic heterocycles. The van der Waals surface area contributed by atoms with Crippen LogP contribution in [0.5, 0.6) is 0 Å². The molecule has 4 rings (SSSR count). The summed E-state index contributed by atoms with van der Waals surface area (Å²) in [7, 11) is -3.62. The number of allylic oxidation sites excluding steroid dienone is 1. The summed E-state index contributed by atoms with van der Waals surface area (Å²) in [6, 6.07) is 2.89. The molecular formula is C23H29N3O4S. The Kier molecular flexibility index (Phi) is 5.36. The van der Waals surface area contributed by atoms with Crippen LogP contribution in [-0.4, -0.2) is 15.3 Å². The fourth-order valence-electron chi connectivity index (χ4n) is 4.77. The lowest BCUT2D eigenvalue weighted by molar-refractivity contribution is 0.0769. The number of rotatable bonds is 4. The zero-order valence-corrected chi connectivity index (χ0v) is 19.0. The van der Waals surface area contributed by atoms with E-state index < -0.39 is 21.5 Å². The van der Waals surface area contributed by atoms with Gasteiger partial charge in [0.2, 0.25) is 5.09 Å². The molecule has 166 valence electrons. The van der Waals surface area contributed by atoms with Crippen LogP contribution in [0.15, 0.2) is 38.7 Å². The van der Waals surface area contributed by atoms with Crippen LogP contribution in [0, 0.1) is 6.92 Å². The molecule has 2 atom stereocenters. The highest BCUT2D eigenvalue weighted by Gasteiger charge is 2.30. The molecule has 7 nitrogen and oxygen atoms in total. The molecule has 0 radical (unpaired) electrons. The van der Waals surface area contributed by atoms with Gasteiger partial charge in [0.15, 0.2) is 9.92 Å². The molecule has 2 amide bonds. The van der Waals surface area contributed by atoms with E-state index in [4.69, 9.17) is 9.56 Å². The molecule has 4 N–H and O–H groups in total. The van der Waals surface area contributed by atoms with Crippen molar-refractivity contribution in [2.45, 2.75) is 69.5 Å². The molecule has 0 saturated heterocycles. The third-order valence-electron chi connectivity index (χ3n) is 6.22. The molecule has 2 aliphatic rings. The van der Waals surface area contributed by atoms with Crippen molar-refractivity contribution in [1.29, 1.82) is 0 Å². The number of amides is 2. The van der Waals surface area contributed by atoms with Crippen LogP contribution in [-0.2, 0) is 34.8 Å². The average Bonchev–Trinajstić information content (AvgIpc) is 3.38. The molecule has 8 heteroatoms. The van der Waals surface area contributed by atoms with Crippen molar-refractivity contribution < 1.29 is 18.5 Å². The number of aryl methyl sites for hydroxylation is 2. The Morgan fingerprint density at radius 3 is 2.74 bits per heavy atom. The monoisotopic (exact) mass is 443 g/mol. The Bertz CT molecular complexity index is 1200. The molecule has 0 spiro atoms. The van der Waals surface area contributed by atoms with E-state index in [0.717, 1.165) is 48.9 Å². The number of benzene rings is 1. The van der Waals surface area contributed by atoms with Crippen LogP contribution in [0.2, 0.25) is 0 Å². The van der Waals surface area contributed by atoms with E-state index in [2.05, 4.69) is 22.3 Å². The van der Waals surface area contributed by atoms with Gasteiger partial charge in [-0.2, -0.15) is 0 Å². The highest BCUT2D eigenvalue weighted by atomic mass is 32.2. The third kappa shape index (κ3) is 3.95. The van der Waals surface area contributed by atoms with Gasteiger partial charge in [0.25, 0.3) is 0 Å². The van der Waals surface area contributed by atoms with Gasteiger partial charge in [0.05, 0.1) is 5.60 Å². The molecular weight excluding hydrogens is 414 g/mol. The fraction of sp³-hybridized carbons (Fsp3) is 0.435. The number of anilines is 1. The smallest absolute Gasteiger partial charge is 0.354 e. The number of carbonyl (C=O) groups excluding carboxylic acids is 1. The van der Waals surface area contributed by atoms with Crippen LogP contribution < -0.4 is 10.5 Å². The van der Waals surface area contributed by atoms with E-state index in [1.54, 1.807) is 20.8 Å². The summed E-state index contributed by atoms with van der Waals surface area (Å²) in [4.78, 5) is 12.8. The van der Waals surface area contributed by atoms with Crippen molar-refractivity contribution in [3.8, 4) is 0 Å². The van der Waals surface area contributed by atoms with E-state index >= 15 is 0 Å². The lowest BCUT2D eigenvalue weighted by Gasteiger charge is -2.16. The first kappa shape index (κ1) is 21.8.